The lowest BCUT2D eigenvalue weighted by molar-refractivity contribution is -0.142. The first kappa shape index (κ1) is 13.6. The second kappa shape index (κ2) is 6.28. The number of carboxylic acids is 1. The third-order valence-electron chi connectivity index (χ3n) is 3.39. The molecule has 1 rings (SSSR count). The molecule has 1 N–H and O–H groups in total. The van der Waals surface area contributed by atoms with E-state index < -0.39 is 5.97 Å². The Kier molecular flexibility index (Phi) is 5.33. The standard InChI is InChI=1S/C12H24BNO2/c1-9(2)6-14-7-10(4-3-5-13)11(8-14)12(15)16/h9-11H,3-8,13H2,1-2H3,(H,15,16)/t10-,11+/m0/s1. The van der Waals surface area contributed by atoms with Crippen molar-refractivity contribution in [3.05, 3.63) is 0 Å². The number of hydrogen-bond donors (Lipinski definition) is 1. The van der Waals surface area contributed by atoms with Crippen molar-refractivity contribution in [1.29, 1.82) is 0 Å². The van der Waals surface area contributed by atoms with Gasteiger partial charge in [-0.05, 0) is 18.3 Å². The van der Waals surface area contributed by atoms with Crippen molar-refractivity contribution in [2.24, 2.45) is 17.8 Å². The van der Waals surface area contributed by atoms with Crippen molar-refractivity contribution in [1.82, 2.24) is 4.90 Å². The minimum absolute atomic E-state index is 0.134. The molecule has 0 aromatic rings. The lowest BCUT2D eigenvalue weighted by Gasteiger charge is -2.17. The summed E-state index contributed by atoms with van der Waals surface area (Å²) in [5.74, 6) is 0.258. The molecule has 0 aromatic heterocycles. The van der Waals surface area contributed by atoms with Gasteiger partial charge in [-0.3, -0.25) is 4.79 Å². The molecular weight excluding hydrogens is 201 g/mol. The van der Waals surface area contributed by atoms with E-state index in [4.69, 9.17) is 0 Å². The van der Waals surface area contributed by atoms with Gasteiger partial charge in [-0.25, -0.2) is 0 Å². The molecule has 1 fully saturated rings. The molecule has 0 amide bonds. The highest BCUT2D eigenvalue weighted by Gasteiger charge is 2.36. The molecule has 16 heavy (non-hydrogen) atoms. The van der Waals surface area contributed by atoms with Gasteiger partial charge in [0.05, 0.1) is 5.92 Å². The van der Waals surface area contributed by atoms with E-state index >= 15 is 0 Å². The molecule has 0 aromatic carbocycles. The summed E-state index contributed by atoms with van der Waals surface area (Å²) in [7, 11) is 2.16. The van der Waals surface area contributed by atoms with Crippen LogP contribution in [0, 0.1) is 17.8 Å². The number of likely N-dealkylation sites (tertiary alicyclic amines) is 1. The molecule has 0 bridgehead atoms. The molecule has 92 valence electrons. The van der Waals surface area contributed by atoms with E-state index in [-0.39, 0.29) is 5.92 Å². The van der Waals surface area contributed by atoms with Crippen LogP contribution in [0.15, 0.2) is 0 Å². The van der Waals surface area contributed by atoms with Crippen molar-refractivity contribution < 1.29 is 9.90 Å². The van der Waals surface area contributed by atoms with Crippen molar-refractivity contribution in [2.45, 2.75) is 33.0 Å². The van der Waals surface area contributed by atoms with Crippen LogP contribution in [0.4, 0.5) is 0 Å². The summed E-state index contributed by atoms with van der Waals surface area (Å²) in [5.41, 5.74) is 0. The molecule has 0 spiro atoms. The van der Waals surface area contributed by atoms with Gasteiger partial charge in [-0.15, -0.1) is 0 Å². The first-order valence-electron chi connectivity index (χ1n) is 6.49. The molecule has 0 radical (unpaired) electrons. The molecule has 3 nitrogen and oxygen atoms in total. The van der Waals surface area contributed by atoms with Crippen LogP contribution in [0.5, 0.6) is 0 Å². The maximum absolute atomic E-state index is 11.2. The molecule has 1 saturated heterocycles. The number of hydrogen-bond acceptors (Lipinski definition) is 2. The SMILES string of the molecule is BCCC[C@H]1CN(CC(C)C)C[C@H]1C(=O)O. The van der Waals surface area contributed by atoms with E-state index in [2.05, 4.69) is 26.6 Å². The average Bonchev–Trinajstić information content (AvgIpc) is 2.57. The minimum Gasteiger partial charge on any atom is -0.481 e. The molecular formula is C12H24BNO2. The smallest absolute Gasteiger partial charge is 0.308 e. The second-order valence-electron chi connectivity index (χ2n) is 5.46. The molecule has 1 aliphatic rings. The number of nitrogens with zero attached hydrogens (tertiary/aromatic N) is 1. The number of rotatable bonds is 6. The third kappa shape index (κ3) is 3.82. The fourth-order valence-corrected chi connectivity index (χ4v) is 2.66. The highest BCUT2D eigenvalue weighted by molar-refractivity contribution is 6.08. The van der Waals surface area contributed by atoms with Gasteiger partial charge in [0.15, 0.2) is 0 Å². The zero-order valence-electron chi connectivity index (χ0n) is 10.8. The zero-order valence-corrected chi connectivity index (χ0v) is 10.8. The summed E-state index contributed by atoms with van der Waals surface area (Å²) in [6, 6.07) is 0. The quantitative estimate of drug-likeness (QED) is 0.688. The average molecular weight is 225 g/mol. The summed E-state index contributed by atoms with van der Waals surface area (Å²) in [6.07, 6.45) is 3.39. The van der Waals surface area contributed by atoms with Gasteiger partial charge >= 0.3 is 5.97 Å². The fraction of sp³-hybridized carbons (Fsp3) is 0.917. The number of carboxylic acid groups (broad SMARTS) is 1. The minimum atomic E-state index is -0.604. The third-order valence-corrected chi connectivity index (χ3v) is 3.39. The Hall–Kier alpha value is -0.505. The van der Waals surface area contributed by atoms with E-state index in [1.54, 1.807) is 0 Å². The first-order chi connectivity index (χ1) is 7.54. The largest absolute Gasteiger partial charge is 0.481 e. The first-order valence-corrected chi connectivity index (χ1v) is 6.49. The van der Waals surface area contributed by atoms with Crippen LogP contribution in [0.2, 0.25) is 6.32 Å². The normalized spacial score (nSPS) is 26.4. The Balaban J connectivity index is 2.50. The van der Waals surface area contributed by atoms with Gasteiger partial charge in [0.25, 0.3) is 0 Å². The highest BCUT2D eigenvalue weighted by Crippen LogP contribution is 2.28. The summed E-state index contributed by atoms with van der Waals surface area (Å²) in [5, 5.41) is 9.21. The predicted molar refractivity (Wildman–Crippen MR) is 68.5 cm³/mol. The lowest BCUT2D eigenvalue weighted by atomic mass is 9.88. The molecule has 1 heterocycles. The van der Waals surface area contributed by atoms with E-state index in [1.165, 1.54) is 0 Å². The molecule has 0 saturated carbocycles. The Bertz CT molecular complexity index is 233. The van der Waals surface area contributed by atoms with Crippen LogP contribution >= 0.6 is 0 Å². The number of aliphatic carboxylic acids is 1. The maximum atomic E-state index is 11.2. The molecule has 0 unspecified atom stereocenters. The van der Waals surface area contributed by atoms with Crippen LogP contribution in [0.1, 0.15) is 26.7 Å². The maximum Gasteiger partial charge on any atom is 0.308 e. The Morgan fingerprint density at radius 3 is 2.69 bits per heavy atom. The van der Waals surface area contributed by atoms with E-state index in [9.17, 15) is 9.90 Å². The molecule has 2 atom stereocenters. The van der Waals surface area contributed by atoms with Crippen LogP contribution in [0.25, 0.3) is 0 Å². The zero-order chi connectivity index (χ0) is 12.1. The molecule has 1 aliphatic heterocycles. The van der Waals surface area contributed by atoms with Gasteiger partial charge in [0.1, 0.15) is 7.85 Å². The van der Waals surface area contributed by atoms with Crippen molar-refractivity contribution >= 4 is 13.8 Å². The Labute approximate surface area is 99.6 Å². The van der Waals surface area contributed by atoms with Crippen molar-refractivity contribution in [3.8, 4) is 0 Å². The molecule has 4 heteroatoms. The van der Waals surface area contributed by atoms with Gasteiger partial charge in [0, 0.05) is 19.6 Å². The number of carbonyl (C=O) groups is 1. The fourth-order valence-electron chi connectivity index (χ4n) is 2.66. The van der Waals surface area contributed by atoms with Crippen LogP contribution in [-0.4, -0.2) is 43.5 Å². The Morgan fingerprint density at radius 2 is 2.19 bits per heavy atom. The van der Waals surface area contributed by atoms with E-state index in [0.29, 0.717) is 11.8 Å². The Morgan fingerprint density at radius 1 is 1.50 bits per heavy atom. The van der Waals surface area contributed by atoms with Crippen molar-refractivity contribution in [3.63, 3.8) is 0 Å². The van der Waals surface area contributed by atoms with Gasteiger partial charge < -0.3 is 10.0 Å². The summed E-state index contributed by atoms with van der Waals surface area (Å²) < 4.78 is 0. The highest BCUT2D eigenvalue weighted by atomic mass is 16.4. The lowest BCUT2D eigenvalue weighted by Crippen LogP contribution is -2.26. The van der Waals surface area contributed by atoms with Crippen LogP contribution in [-0.2, 0) is 4.79 Å². The topological polar surface area (TPSA) is 40.5 Å². The van der Waals surface area contributed by atoms with E-state index in [1.807, 2.05) is 0 Å². The van der Waals surface area contributed by atoms with Gasteiger partial charge in [0.2, 0.25) is 0 Å². The van der Waals surface area contributed by atoms with Gasteiger partial charge in [-0.1, -0.05) is 26.6 Å². The summed E-state index contributed by atoms with van der Waals surface area (Å²) in [6.45, 7) is 7.15. The summed E-state index contributed by atoms with van der Waals surface area (Å²) >= 11 is 0. The predicted octanol–water partition coefficient (Wildman–Crippen LogP) is 1.11. The van der Waals surface area contributed by atoms with Crippen molar-refractivity contribution in [2.75, 3.05) is 19.6 Å². The van der Waals surface area contributed by atoms with E-state index in [0.717, 1.165) is 38.8 Å². The van der Waals surface area contributed by atoms with Crippen LogP contribution in [0.3, 0.4) is 0 Å². The summed E-state index contributed by atoms with van der Waals surface area (Å²) in [4.78, 5) is 13.5. The van der Waals surface area contributed by atoms with Crippen LogP contribution < -0.4 is 0 Å². The monoisotopic (exact) mass is 225 g/mol. The molecule has 0 aliphatic carbocycles. The second-order valence-corrected chi connectivity index (χ2v) is 5.46. The van der Waals surface area contributed by atoms with Gasteiger partial charge in [-0.2, -0.15) is 0 Å².